The first kappa shape index (κ1) is 20.3. The van der Waals surface area contributed by atoms with Gasteiger partial charge < -0.3 is 10.1 Å². The number of nitrogens with one attached hydrogen (secondary N) is 1. The molecule has 5 nitrogen and oxygen atoms in total. The fraction of sp³-hybridized carbons (Fsp3) is 0.316. The Hall–Kier alpha value is -2.05. The van der Waals surface area contributed by atoms with Gasteiger partial charge in [-0.25, -0.2) is 8.42 Å². The molecule has 0 saturated carbocycles. The minimum absolute atomic E-state index is 0.0161. The summed E-state index contributed by atoms with van der Waals surface area (Å²) >= 11 is 6.19. The van der Waals surface area contributed by atoms with Crippen molar-refractivity contribution in [2.24, 2.45) is 5.92 Å². The van der Waals surface area contributed by atoms with Gasteiger partial charge in [-0.1, -0.05) is 32.4 Å². The summed E-state index contributed by atoms with van der Waals surface area (Å²) in [5.41, 5.74) is 0.887. The summed E-state index contributed by atoms with van der Waals surface area (Å²) in [6.45, 7) is 6.21. The van der Waals surface area contributed by atoms with Gasteiger partial charge in [0.25, 0.3) is 5.91 Å². The molecular formula is C19H22ClNO4S. The van der Waals surface area contributed by atoms with Crippen molar-refractivity contribution in [3.05, 3.63) is 53.1 Å². The topological polar surface area (TPSA) is 72.5 Å². The van der Waals surface area contributed by atoms with Gasteiger partial charge in [0, 0.05) is 11.3 Å². The molecule has 2 aromatic rings. The van der Waals surface area contributed by atoms with Crippen LogP contribution in [0.1, 0.15) is 31.1 Å². The lowest BCUT2D eigenvalue weighted by molar-refractivity contribution is 0.102. The predicted octanol–water partition coefficient (Wildman–Crippen LogP) is 4.42. The van der Waals surface area contributed by atoms with Crippen LogP contribution in [0.2, 0.25) is 5.02 Å². The van der Waals surface area contributed by atoms with Gasteiger partial charge in [-0.05, 0) is 48.4 Å². The Labute approximate surface area is 159 Å². The Morgan fingerprint density at radius 1 is 1.15 bits per heavy atom. The summed E-state index contributed by atoms with van der Waals surface area (Å²) in [7, 11) is -3.28. The number of hydrogen-bond acceptors (Lipinski definition) is 4. The lowest BCUT2D eigenvalue weighted by Crippen LogP contribution is -2.12. The molecule has 0 aliphatic rings. The van der Waals surface area contributed by atoms with E-state index in [0.717, 1.165) is 0 Å². The first-order valence-corrected chi connectivity index (χ1v) is 10.3. The van der Waals surface area contributed by atoms with E-state index < -0.39 is 9.84 Å². The number of amides is 1. The number of hydrogen-bond donors (Lipinski definition) is 1. The summed E-state index contributed by atoms with van der Waals surface area (Å²) < 4.78 is 29.2. The maximum absolute atomic E-state index is 12.3. The number of halogens is 1. The molecule has 2 aromatic carbocycles. The standard InChI is InChI=1S/C19H22ClNO4S/c1-4-26(23,24)16-8-5-14(6-9-16)19(22)21-15-7-10-18(17(20)11-15)25-12-13(2)3/h5-11,13H,4,12H2,1-3H3,(H,21,22). The summed E-state index contributed by atoms with van der Waals surface area (Å²) in [4.78, 5) is 12.5. The number of carbonyl (C=O) groups excluding carboxylic acids is 1. The molecular weight excluding hydrogens is 374 g/mol. The summed E-state index contributed by atoms with van der Waals surface area (Å²) in [6, 6.07) is 10.9. The third-order valence-corrected chi connectivity index (χ3v) is 5.66. The smallest absolute Gasteiger partial charge is 0.255 e. The molecule has 0 aliphatic heterocycles. The maximum atomic E-state index is 12.3. The van der Waals surface area contributed by atoms with Crippen molar-refractivity contribution in [3.63, 3.8) is 0 Å². The Morgan fingerprint density at radius 2 is 1.81 bits per heavy atom. The number of anilines is 1. The third kappa shape index (κ3) is 5.22. The zero-order chi connectivity index (χ0) is 19.3. The zero-order valence-corrected chi connectivity index (χ0v) is 16.5. The highest BCUT2D eigenvalue weighted by Crippen LogP contribution is 2.28. The molecule has 26 heavy (non-hydrogen) atoms. The van der Waals surface area contributed by atoms with E-state index in [1.165, 1.54) is 24.3 Å². The molecule has 0 aromatic heterocycles. The van der Waals surface area contributed by atoms with Crippen LogP contribution in [-0.2, 0) is 9.84 Å². The molecule has 0 saturated heterocycles. The van der Waals surface area contributed by atoms with Crippen molar-refractivity contribution >= 4 is 33.0 Å². The van der Waals surface area contributed by atoms with Crippen LogP contribution in [0.5, 0.6) is 5.75 Å². The molecule has 140 valence electrons. The average Bonchev–Trinajstić information content (AvgIpc) is 2.61. The van der Waals surface area contributed by atoms with Crippen LogP contribution in [0.3, 0.4) is 0 Å². The Morgan fingerprint density at radius 3 is 2.35 bits per heavy atom. The van der Waals surface area contributed by atoms with Gasteiger partial charge in [0.1, 0.15) is 5.75 Å². The largest absolute Gasteiger partial charge is 0.492 e. The quantitative estimate of drug-likeness (QED) is 0.753. The number of rotatable bonds is 7. The molecule has 0 atom stereocenters. The highest BCUT2D eigenvalue weighted by atomic mass is 35.5. The first-order valence-electron chi connectivity index (χ1n) is 8.29. The van der Waals surface area contributed by atoms with Crippen molar-refractivity contribution in [1.29, 1.82) is 0 Å². The Bertz CT molecular complexity index is 877. The van der Waals surface area contributed by atoms with Crippen LogP contribution in [0.25, 0.3) is 0 Å². The van der Waals surface area contributed by atoms with E-state index in [4.69, 9.17) is 16.3 Å². The van der Waals surface area contributed by atoms with Crippen LogP contribution in [-0.4, -0.2) is 26.7 Å². The van der Waals surface area contributed by atoms with Crippen molar-refractivity contribution in [2.45, 2.75) is 25.7 Å². The number of ether oxygens (including phenoxy) is 1. The average molecular weight is 396 g/mol. The minimum atomic E-state index is -3.28. The highest BCUT2D eigenvalue weighted by molar-refractivity contribution is 7.91. The first-order chi connectivity index (χ1) is 12.2. The summed E-state index contributed by atoms with van der Waals surface area (Å²) in [6.07, 6.45) is 0. The van der Waals surface area contributed by atoms with Gasteiger partial charge in [0.05, 0.1) is 22.3 Å². The van der Waals surface area contributed by atoms with Crippen molar-refractivity contribution in [2.75, 3.05) is 17.7 Å². The maximum Gasteiger partial charge on any atom is 0.255 e. The van der Waals surface area contributed by atoms with Gasteiger partial charge in [-0.3, -0.25) is 4.79 Å². The van der Waals surface area contributed by atoms with Crippen molar-refractivity contribution in [3.8, 4) is 5.75 Å². The van der Waals surface area contributed by atoms with Crippen molar-refractivity contribution < 1.29 is 17.9 Å². The SMILES string of the molecule is CCS(=O)(=O)c1ccc(C(=O)Nc2ccc(OCC(C)C)c(Cl)c2)cc1. The Kier molecular flexibility index (Phi) is 6.67. The minimum Gasteiger partial charge on any atom is -0.492 e. The van der Waals surface area contributed by atoms with Crippen LogP contribution >= 0.6 is 11.6 Å². The van der Waals surface area contributed by atoms with Gasteiger partial charge in [0.2, 0.25) is 0 Å². The van der Waals surface area contributed by atoms with E-state index in [1.54, 1.807) is 25.1 Å². The highest BCUT2D eigenvalue weighted by Gasteiger charge is 2.13. The van der Waals surface area contributed by atoms with Crippen LogP contribution in [0.15, 0.2) is 47.4 Å². The van der Waals surface area contributed by atoms with E-state index >= 15 is 0 Å². The molecule has 0 spiro atoms. The molecule has 0 bridgehead atoms. The molecule has 0 unspecified atom stereocenters. The van der Waals surface area contributed by atoms with E-state index in [-0.39, 0.29) is 16.6 Å². The molecule has 7 heteroatoms. The number of sulfone groups is 1. The van der Waals surface area contributed by atoms with Gasteiger partial charge in [-0.15, -0.1) is 0 Å². The van der Waals surface area contributed by atoms with Crippen molar-refractivity contribution in [1.82, 2.24) is 0 Å². The zero-order valence-electron chi connectivity index (χ0n) is 15.0. The second kappa shape index (κ2) is 8.56. The fourth-order valence-electron chi connectivity index (χ4n) is 2.14. The number of carbonyl (C=O) groups is 1. The van der Waals surface area contributed by atoms with Gasteiger partial charge in [-0.2, -0.15) is 0 Å². The second-order valence-corrected chi connectivity index (χ2v) is 8.92. The second-order valence-electron chi connectivity index (χ2n) is 6.23. The van der Waals surface area contributed by atoms with E-state index in [0.29, 0.717) is 34.5 Å². The van der Waals surface area contributed by atoms with Crippen LogP contribution in [0.4, 0.5) is 5.69 Å². The molecule has 0 heterocycles. The molecule has 1 amide bonds. The van der Waals surface area contributed by atoms with E-state index in [1.807, 2.05) is 13.8 Å². The van der Waals surface area contributed by atoms with E-state index in [2.05, 4.69) is 5.32 Å². The Balaban J connectivity index is 2.09. The third-order valence-electron chi connectivity index (χ3n) is 3.62. The lowest BCUT2D eigenvalue weighted by atomic mass is 10.2. The number of benzene rings is 2. The van der Waals surface area contributed by atoms with Crippen LogP contribution < -0.4 is 10.1 Å². The predicted molar refractivity (Wildman–Crippen MR) is 104 cm³/mol. The molecule has 2 rings (SSSR count). The monoisotopic (exact) mass is 395 g/mol. The van der Waals surface area contributed by atoms with E-state index in [9.17, 15) is 13.2 Å². The van der Waals surface area contributed by atoms with Gasteiger partial charge in [0.15, 0.2) is 9.84 Å². The fourth-order valence-corrected chi connectivity index (χ4v) is 3.25. The van der Waals surface area contributed by atoms with Gasteiger partial charge >= 0.3 is 0 Å². The summed E-state index contributed by atoms with van der Waals surface area (Å²) in [5.74, 6) is 0.609. The normalized spacial score (nSPS) is 11.4. The molecule has 1 N–H and O–H groups in total. The molecule has 0 fully saturated rings. The molecule has 0 aliphatic carbocycles. The summed E-state index contributed by atoms with van der Waals surface area (Å²) in [5, 5.41) is 3.14. The van der Waals surface area contributed by atoms with Crippen LogP contribution in [0, 0.1) is 5.92 Å². The lowest BCUT2D eigenvalue weighted by Gasteiger charge is -2.12. The molecule has 0 radical (unpaired) electrons.